The number of halogens is 5. The van der Waals surface area contributed by atoms with Crippen molar-refractivity contribution in [2.75, 3.05) is 38.1 Å². The van der Waals surface area contributed by atoms with Crippen LogP contribution in [0.3, 0.4) is 0 Å². The Bertz CT molecular complexity index is 1980. The van der Waals surface area contributed by atoms with Gasteiger partial charge in [0.1, 0.15) is 17.5 Å². The van der Waals surface area contributed by atoms with E-state index in [0.717, 1.165) is 19.2 Å². The number of hydrogen-bond donors (Lipinski definition) is 0. The van der Waals surface area contributed by atoms with E-state index in [-0.39, 0.29) is 46.8 Å². The minimum absolute atomic E-state index is 0.00866. The van der Waals surface area contributed by atoms with Gasteiger partial charge in [-0.05, 0) is 55.8 Å². The van der Waals surface area contributed by atoms with Gasteiger partial charge in [-0.25, -0.2) is 22.0 Å². The van der Waals surface area contributed by atoms with Gasteiger partial charge < -0.3 is 18.9 Å². The summed E-state index contributed by atoms with van der Waals surface area (Å²) in [6, 6.07) is 11.9. The molecule has 0 unspecified atom stereocenters. The fraction of sp³-hybridized carbons (Fsp3) is 0.324. The first-order valence-electron chi connectivity index (χ1n) is 15.1. The zero-order chi connectivity index (χ0) is 32.2. The molecule has 7 rings (SSSR count). The molecule has 3 aromatic carbocycles. The molecule has 1 aliphatic carbocycles. The fourth-order valence-corrected chi connectivity index (χ4v) is 5.94. The maximum Gasteiger partial charge on any atom is 0.276 e. The molecule has 0 bridgehead atoms. The van der Waals surface area contributed by atoms with E-state index in [4.69, 9.17) is 4.52 Å². The summed E-state index contributed by atoms with van der Waals surface area (Å²) in [5.74, 6) is -5.57. The number of likely N-dealkylation sites (N-methyl/N-ethyl adjacent to an activating group) is 1. The van der Waals surface area contributed by atoms with Gasteiger partial charge in [0.2, 0.25) is 17.1 Å². The van der Waals surface area contributed by atoms with E-state index in [1.807, 2.05) is 11.9 Å². The number of hydrogen-bond acceptors (Lipinski definition) is 6. The Labute approximate surface area is 260 Å². The first-order valence-corrected chi connectivity index (χ1v) is 15.1. The normalized spacial score (nSPS) is 16.0. The zero-order valence-corrected chi connectivity index (χ0v) is 25.0. The lowest BCUT2D eigenvalue weighted by Crippen LogP contribution is -2.44. The Balaban J connectivity index is 1.31. The smallest absolute Gasteiger partial charge is 0.276 e. The second-order valence-electron chi connectivity index (χ2n) is 12.1. The van der Waals surface area contributed by atoms with Crippen LogP contribution < -0.4 is 10.3 Å². The number of anilines is 1. The lowest BCUT2D eigenvalue weighted by atomic mass is 10.0. The molecule has 0 N–H and O–H groups in total. The molecule has 1 aliphatic heterocycles. The zero-order valence-electron chi connectivity index (χ0n) is 25.0. The summed E-state index contributed by atoms with van der Waals surface area (Å²) >= 11 is 0. The highest BCUT2D eigenvalue weighted by molar-refractivity contribution is 5.86. The average molecular weight is 636 g/mol. The minimum atomic E-state index is -3.12. The number of pyridine rings is 1. The van der Waals surface area contributed by atoms with Crippen LogP contribution in [0.4, 0.5) is 27.6 Å². The first kappa shape index (κ1) is 30.1. The standard InChI is InChI=1S/C34H30F5N5O2/c1-42-10-12-43(13-11-42)30-17-29-25(16-28(30)37)32(45)26(33-40-31(46-41-33)14-20-2-8-24(35)9-3-20)19-44(29)18-21-4-5-23(15-27(21)36)34(38,39)22-6-7-22/h2-5,8-9,15-17,19,22H,6-7,10-14,18H2,1H3. The number of aromatic nitrogens is 3. The van der Waals surface area contributed by atoms with Gasteiger partial charge in [-0.3, -0.25) is 4.79 Å². The van der Waals surface area contributed by atoms with Gasteiger partial charge in [0, 0.05) is 54.8 Å². The Morgan fingerprint density at radius 1 is 0.935 bits per heavy atom. The topological polar surface area (TPSA) is 67.4 Å². The summed E-state index contributed by atoms with van der Waals surface area (Å²) in [5.41, 5.74) is 0.531. The predicted octanol–water partition coefficient (Wildman–Crippen LogP) is 6.36. The van der Waals surface area contributed by atoms with Crippen molar-refractivity contribution in [3.63, 3.8) is 0 Å². The van der Waals surface area contributed by atoms with Gasteiger partial charge in [0.15, 0.2) is 0 Å². The molecule has 0 amide bonds. The number of piperazine rings is 1. The van der Waals surface area contributed by atoms with E-state index >= 15 is 8.78 Å². The molecule has 1 saturated carbocycles. The maximum absolute atomic E-state index is 15.6. The number of fused-ring (bicyclic) bond motifs is 1. The largest absolute Gasteiger partial charge is 0.367 e. The SMILES string of the molecule is CN1CCN(c2cc3c(cc2F)c(=O)c(-c2noc(Cc4ccc(F)cc4)n2)cn3Cc2ccc(C(F)(F)C3CC3)cc2F)CC1. The molecule has 0 spiro atoms. The summed E-state index contributed by atoms with van der Waals surface area (Å²) in [4.78, 5) is 22.2. The van der Waals surface area contributed by atoms with E-state index in [9.17, 15) is 18.0 Å². The monoisotopic (exact) mass is 635 g/mol. The van der Waals surface area contributed by atoms with Crippen LogP contribution in [-0.4, -0.2) is 52.8 Å². The molecule has 5 aromatic rings. The number of benzene rings is 3. The number of alkyl halides is 2. The van der Waals surface area contributed by atoms with Crippen LogP contribution in [-0.2, 0) is 18.9 Å². The molecule has 2 aromatic heterocycles. The molecule has 0 atom stereocenters. The fourth-order valence-electron chi connectivity index (χ4n) is 5.94. The Morgan fingerprint density at radius 2 is 1.67 bits per heavy atom. The van der Waals surface area contributed by atoms with Crippen molar-refractivity contribution in [3.05, 3.63) is 111 Å². The van der Waals surface area contributed by atoms with Crippen molar-refractivity contribution in [1.29, 1.82) is 0 Å². The molecule has 46 heavy (non-hydrogen) atoms. The third-order valence-electron chi connectivity index (χ3n) is 8.84. The van der Waals surface area contributed by atoms with Crippen molar-refractivity contribution < 1.29 is 26.5 Å². The van der Waals surface area contributed by atoms with Crippen LogP contribution in [0, 0.1) is 23.4 Å². The second-order valence-corrected chi connectivity index (χ2v) is 12.1. The van der Waals surface area contributed by atoms with Crippen molar-refractivity contribution in [1.82, 2.24) is 19.6 Å². The molecule has 3 heterocycles. The molecule has 238 valence electrons. The van der Waals surface area contributed by atoms with Crippen LogP contribution >= 0.6 is 0 Å². The van der Waals surface area contributed by atoms with Crippen molar-refractivity contribution in [3.8, 4) is 11.4 Å². The van der Waals surface area contributed by atoms with Crippen molar-refractivity contribution in [2.24, 2.45) is 5.92 Å². The Hall–Kier alpha value is -4.58. The highest BCUT2D eigenvalue weighted by Crippen LogP contribution is 2.49. The third kappa shape index (κ3) is 5.77. The lowest BCUT2D eigenvalue weighted by molar-refractivity contribution is -0.0288. The predicted molar refractivity (Wildman–Crippen MR) is 162 cm³/mol. The van der Waals surface area contributed by atoms with E-state index in [1.165, 1.54) is 36.5 Å². The molecule has 2 fully saturated rings. The van der Waals surface area contributed by atoms with E-state index in [0.29, 0.717) is 42.7 Å². The quantitative estimate of drug-likeness (QED) is 0.185. The summed E-state index contributed by atoms with van der Waals surface area (Å²) in [7, 11) is 1.98. The molecule has 7 nitrogen and oxygen atoms in total. The highest BCUT2D eigenvalue weighted by atomic mass is 19.3. The van der Waals surface area contributed by atoms with Gasteiger partial charge in [-0.15, -0.1) is 0 Å². The Kier molecular flexibility index (Phi) is 7.62. The van der Waals surface area contributed by atoms with Gasteiger partial charge in [-0.1, -0.05) is 29.4 Å². The van der Waals surface area contributed by atoms with Crippen LogP contribution in [0.25, 0.3) is 22.3 Å². The molecule has 12 heteroatoms. The highest BCUT2D eigenvalue weighted by Gasteiger charge is 2.48. The molecule has 1 saturated heterocycles. The van der Waals surface area contributed by atoms with Crippen LogP contribution in [0.1, 0.15) is 35.4 Å². The number of rotatable bonds is 8. The minimum Gasteiger partial charge on any atom is -0.367 e. The molecular weight excluding hydrogens is 605 g/mol. The van der Waals surface area contributed by atoms with Crippen LogP contribution in [0.15, 0.2) is 70.1 Å². The van der Waals surface area contributed by atoms with E-state index in [1.54, 1.807) is 22.8 Å². The van der Waals surface area contributed by atoms with Gasteiger partial charge in [0.25, 0.3) is 5.92 Å². The third-order valence-corrected chi connectivity index (χ3v) is 8.84. The molecule has 2 aliphatic rings. The summed E-state index contributed by atoms with van der Waals surface area (Å²) in [6.07, 6.45) is 2.43. The summed E-state index contributed by atoms with van der Waals surface area (Å²) in [6.45, 7) is 2.46. The maximum atomic E-state index is 15.6. The summed E-state index contributed by atoms with van der Waals surface area (Å²) in [5, 5.41) is 4.00. The lowest BCUT2D eigenvalue weighted by Gasteiger charge is -2.34. The van der Waals surface area contributed by atoms with E-state index in [2.05, 4.69) is 15.0 Å². The molecular formula is C34H30F5N5O2. The van der Waals surface area contributed by atoms with Crippen molar-refractivity contribution >= 4 is 16.6 Å². The van der Waals surface area contributed by atoms with Gasteiger partial charge >= 0.3 is 0 Å². The molecule has 0 radical (unpaired) electrons. The van der Waals surface area contributed by atoms with Crippen molar-refractivity contribution in [2.45, 2.75) is 31.7 Å². The van der Waals surface area contributed by atoms with Gasteiger partial charge in [0.05, 0.1) is 29.7 Å². The number of nitrogens with zero attached hydrogens (tertiary/aromatic N) is 5. The van der Waals surface area contributed by atoms with E-state index < -0.39 is 34.7 Å². The Morgan fingerprint density at radius 3 is 2.37 bits per heavy atom. The second kappa shape index (κ2) is 11.7. The average Bonchev–Trinajstić information content (AvgIpc) is 3.81. The first-order chi connectivity index (χ1) is 22.1. The van der Waals surface area contributed by atoms with Crippen LogP contribution in [0.5, 0.6) is 0 Å². The summed E-state index contributed by atoms with van der Waals surface area (Å²) < 4.78 is 80.8. The van der Waals surface area contributed by atoms with Gasteiger partial charge in [-0.2, -0.15) is 4.98 Å². The van der Waals surface area contributed by atoms with Crippen LogP contribution in [0.2, 0.25) is 0 Å².